The van der Waals surface area contributed by atoms with Crippen molar-refractivity contribution in [2.24, 2.45) is 5.92 Å². The van der Waals surface area contributed by atoms with Gasteiger partial charge in [0.2, 0.25) is 0 Å². The maximum atomic E-state index is 11.0. The lowest BCUT2D eigenvalue weighted by Gasteiger charge is -1.98. The molecule has 2 aliphatic rings. The van der Waals surface area contributed by atoms with Gasteiger partial charge in [-0.2, -0.15) is 0 Å². The van der Waals surface area contributed by atoms with Gasteiger partial charge in [-0.05, 0) is 18.6 Å². The minimum Gasteiger partial charge on any atom is -0.298 e. The minimum atomic E-state index is -0.0821. The molecule has 2 atom stereocenters. The number of carbonyl (C=O) groups is 1. The van der Waals surface area contributed by atoms with Crippen molar-refractivity contribution in [3.05, 3.63) is 30.1 Å². The molecule has 1 aromatic heterocycles. The largest absolute Gasteiger partial charge is 0.298 e. The fourth-order valence-electron chi connectivity index (χ4n) is 1.77. The molecule has 0 saturated heterocycles. The predicted molar refractivity (Wildman–Crippen MR) is 39.0 cm³/mol. The molecule has 0 spiro atoms. The van der Waals surface area contributed by atoms with Crippen molar-refractivity contribution in [3.8, 4) is 0 Å². The number of hydrogen-bond acceptors (Lipinski definition) is 2. The lowest BCUT2D eigenvalue weighted by molar-refractivity contribution is -0.114. The number of ketones is 1. The van der Waals surface area contributed by atoms with Crippen LogP contribution >= 0.6 is 0 Å². The SMILES string of the molecule is O=C1C2CC12c1ccccn1. The fourth-order valence-corrected chi connectivity index (χ4v) is 1.77. The highest BCUT2D eigenvalue weighted by Gasteiger charge is 2.81. The summed E-state index contributed by atoms with van der Waals surface area (Å²) in [5.74, 6) is 0.744. The molecule has 2 saturated carbocycles. The van der Waals surface area contributed by atoms with Gasteiger partial charge in [-0.3, -0.25) is 9.78 Å². The van der Waals surface area contributed by atoms with Gasteiger partial charge in [0, 0.05) is 12.1 Å². The average molecular weight is 145 g/mol. The van der Waals surface area contributed by atoms with Crippen LogP contribution in [0.3, 0.4) is 0 Å². The molecule has 2 heteroatoms. The topological polar surface area (TPSA) is 30.0 Å². The summed E-state index contributed by atoms with van der Waals surface area (Å²) in [6.45, 7) is 0. The van der Waals surface area contributed by atoms with Crippen LogP contribution in [-0.4, -0.2) is 10.8 Å². The van der Waals surface area contributed by atoms with E-state index in [-0.39, 0.29) is 5.41 Å². The normalized spacial score (nSPS) is 38.2. The number of pyridine rings is 1. The van der Waals surface area contributed by atoms with Crippen molar-refractivity contribution >= 4 is 5.78 Å². The van der Waals surface area contributed by atoms with Gasteiger partial charge in [-0.25, -0.2) is 0 Å². The lowest BCUT2D eigenvalue weighted by Crippen LogP contribution is -2.03. The van der Waals surface area contributed by atoms with Crippen LogP contribution < -0.4 is 0 Å². The number of carbonyl (C=O) groups excluding carboxylic acids is 1. The molecule has 3 rings (SSSR count). The van der Waals surface area contributed by atoms with E-state index in [4.69, 9.17) is 0 Å². The molecule has 54 valence electrons. The number of rotatable bonds is 1. The van der Waals surface area contributed by atoms with Gasteiger partial charge in [0.15, 0.2) is 0 Å². The molecule has 11 heavy (non-hydrogen) atoms. The number of fused-ring (bicyclic) bond motifs is 1. The van der Waals surface area contributed by atoms with E-state index in [2.05, 4.69) is 4.98 Å². The molecular formula is C9H7NO. The first-order valence-electron chi connectivity index (χ1n) is 3.81. The van der Waals surface area contributed by atoms with E-state index in [9.17, 15) is 4.79 Å². The van der Waals surface area contributed by atoms with Crippen LogP contribution in [0.2, 0.25) is 0 Å². The summed E-state index contributed by atoms with van der Waals surface area (Å²) in [5.41, 5.74) is 0.899. The molecule has 0 radical (unpaired) electrons. The van der Waals surface area contributed by atoms with E-state index in [0.29, 0.717) is 11.7 Å². The van der Waals surface area contributed by atoms with Crippen molar-refractivity contribution < 1.29 is 4.79 Å². The van der Waals surface area contributed by atoms with Gasteiger partial charge in [0.1, 0.15) is 5.78 Å². The van der Waals surface area contributed by atoms with Crippen molar-refractivity contribution in [2.75, 3.05) is 0 Å². The van der Waals surface area contributed by atoms with E-state index in [0.717, 1.165) is 12.1 Å². The van der Waals surface area contributed by atoms with Crippen LogP contribution in [0.4, 0.5) is 0 Å². The van der Waals surface area contributed by atoms with Crippen LogP contribution in [0, 0.1) is 5.92 Å². The molecule has 0 N–H and O–H groups in total. The zero-order valence-corrected chi connectivity index (χ0v) is 5.95. The molecule has 0 aliphatic heterocycles. The number of Topliss-reactive ketones (excluding diaryl/α,β-unsaturated/α-hetero) is 1. The van der Waals surface area contributed by atoms with Crippen molar-refractivity contribution in [1.29, 1.82) is 0 Å². The second-order valence-electron chi connectivity index (χ2n) is 3.31. The van der Waals surface area contributed by atoms with Crippen molar-refractivity contribution in [3.63, 3.8) is 0 Å². The van der Waals surface area contributed by atoms with E-state index >= 15 is 0 Å². The number of hydrogen-bond donors (Lipinski definition) is 0. The molecule has 1 heterocycles. The monoisotopic (exact) mass is 145 g/mol. The Morgan fingerprint density at radius 3 is 2.82 bits per heavy atom. The molecule has 0 amide bonds. The van der Waals surface area contributed by atoms with Crippen LogP contribution in [0.5, 0.6) is 0 Å². The molecule has 1 aromatic rings. The Kier molecular flexibility index (Phi) is 0.682. The zero-order valence-electron chi connectivity index (χ0n) is 5.95. The molecule has 2 nitrogen and oxygen atoms in total. The summed E-state index contributed by atoms with van der Waals surface area (Å²) in [6, 6.07) is 5.77. The Balaban J connectivity index is 2.09. The minimum absolute atomic E-state index is 0.0821. The summed E-state index contributed by atoms with van der Waals surface area (Å²) in [7, 11) is 0. The highest BCUT2D eigenvalue weighted by atomic mass is 16.1. The summed E-state index contributed by atoms with van der Waals surface area (Å²) in [4.78, 5) is 15.2. The highest BCUT2D eigenvalue weighted by molar-refractivity contribution is 6.16. The average Bonchev–Trinajstić information content (AvgIpc) is 2.92. The lowest BCUT2D eigenvalue weighted by atomic mass is 10.1. The summed E-state index contributed by atoms with van der Waals surface area (Å²) in [5, 5.41) is 0. The van der Waals surface area contributed by atoms with E-state index in [1.54, 1.807) is 6.20 Å². The van der Waals surface area contributed by atoms with Gasteiger partial charge in [-0.1, -0.05) is 6.07 Å². The van der Waals surface area contributed by atoms with Crippen LogP contribution in [0.15, 0.2) is 24.4 Å². The molecule has 2 aliphatic carbocycles. The maximum Gasteiger partial charge on any atom is 0.150 e. The van der Waals surface area contributed by atoms with Crippen molar-refractivity contribution in [2.45, 2.75) is 11.8 Å². The number of aromatic nitrogens is 1. The van der Waals surface area contributed by atoms with Gasteiger partial charge in [0.05, 0.1) is 11.1 Å². The summed E-state index contributed by atoms with van der Waals surface area (Å²) < 4.78 is 0. The third-order valence-electron chi connectivity index (χ3n) is 2.76. The fraction of sp³-hybridized carbons (Fsp3) is 0.333. The predicted octanol–water partition coefficient (Wildman–Crippen LogP) is 0.922. The third kappa shape index (κ3) is 0.461. The molecule has 0 aromatic carbocycles. The Labute approximate surface area is 64.3 Å². The molecule has 0 bridgehead atoms. The molecular weight excluding hydrogens is 138 g/mol. The summed E-state index contributed by atoms with van der Waals surface area (Å²) >= 11 is 0. The third-order valence-corrected chi connectivity index (χ3v) is 2.76. The summed E-state index contributed by atoms with van der Waals surface area (Å²) in [6.07, 6.45) is 2.80. The first-order valence-corrected chi connectivity index (χ1v) is 3.81. The molecule has 2 fully saturated rings. The van der Waals surface area contributed by atoms with Gasteiger partial charge < -0.3 is 0 Å². The highest BCUT2D eigenvalue weighted by Crippen LogP contribution is 2.71. The van der Waals surface area contributed by atoms with E-state index < -0.39 is 0 Å². The first kappa shape index (κ1) is 5.47. The van der Waals surface area contributed by atoms with Crippen LogP contribution in [0.25, 0.3) is 0 Å². The van der Waals surface area contributed by atoms with Crippen LogP contribution in [0.1, 0.15) is 12.1 Å². The van der Waals surface area contributed by atoms with Gasteiger partial charge in [-0.15, -0.1) is 0 Å². The Morgan fingerprint density at radius 2 is 2.36 bits per heavy atom. The van der Waals surface area contributed by atoms with Crippen molar-refractivity contribution in [1.82, 2.24) is 4.98 Å². The second-order valence-corrected chi connectivity index (χ2v) is 3.31. The van der Waals surface area contributed by atoms with E-state index in [1.807, 2.05) is 18.2 Å². The quantitative estimate of drug-likeness (QED) is 0.588. The maximum absolute atomic E-state index is 11.0. The number of nitrogens with zero attached hydrogens (tertiary/aromatic N) is 1. The second kappa shape index (κ2) is 1.37. The Hall–Kier alpha value is -1.18. The Bertz CT molecular complexity index is 333. The smallest absolute Gasteiger partial charge is 0.150 e. The van der Waals surface area contributed by atoms with E-state index in [1.165, 1.54) is 0 Å². The zero-order chi connectivity index (χ0) is 7.47. The van der Waals surface area contributed by atoms with Crippen LogP contribution in [-0.2, 0) is 10.2 Å². The molecule has 2 unspecified atom stereocenters. The van der Waals surface area contributed by atoms with Gasteiger partial charge in [0.25, 0.3) is 0 Å². The van der Waals surface area contributed by atoms with Gasteiger partial charge >= 0.3 is 0 Å². The first-order chi connectivity index (χ1) is 5.36. The standard InChI is InChI=1S/C9H7NO/c11-8-6-5-9(6,8)7-3-1-2-4-10-7/h1-4,6H,5H2. The Morgan fingerprint density at radius 1 is 1.55 bits per heavy atom.